The van der Waals surface area contributed by atoms with Crippen LogP contribution < -0.4 is 0 Å². The SMILES string of the molecule is O=C(C1CC1)N(Cc1ccccc1)C[C@H](O)c1cccs1. The lowest BCUT2D eigenvalue weighted by Gasteiger charge is -2.25. The van der Waals surface area contributed by atoms with Crippen molar-refractivity contribution < 1.29 is 9.90 Å². The van der Waals surface area contributed by atoms with Crippen molar-refractivity contribution >= 4 is 17.2 Å². The summed E-state index contributed by atoms with van der Waals surface area (Å²) < 4.78 is 0. The summed E-state index contributed by atoms with van der Waals surface area (Å²) in [5, 5.41) is 12.3. The normalized spacial score (nSPS) is 15.7. The second-order valence-electron chi connectivity index (χ2n) is 5.51. The average molecular weight is 301 g/mol. The van der Waals surface area contributed by atoms with Gasteiger partial charge in [-0.15, -0.1) is 11.3 Å². The van der Waals surface area contributed by atoms with Gasteiger partial charge in [0.15, 0.2) is 0 Å². The lowest BCUT2D eigenvalue weighted by atomic mass is 10.1. The van der Waals surface area contributed by atoms with E-state index in [0.29, 0.717) is 13.1 Å². The molecule has 0 radical (unpaired) electrons. The summed E-state index contributed by atoms with van der Waals surface area (Å²) in [6, 6.07) is 13.8. The smallest absolute Gasteiger partial charge is 0.226 e. The fraction of sp³-hybridized carbons (Fsp3) is 0.353. The first kappa shape index (κ1) is 14.3. The molecule has 3 nitrogen and oxygen atoms in total. The Balaban J connectivity index is 1.71. The number of hydrogen-bond acceptors (Lipinski definition) is 3. The van der Waals surface area contributed by atoms with Crippen molar-refractivity contribution in [3.05, 3.63) is 58.3 Å². The minimum absolute atomic E-state index is 0.171. The summed E-state index contributed by atoms with van der Waals surface area (Å²) in [6.45, 7) is 0.934. The molecule has 4 heteroatoms. The van der Waals surface area contributed by atoms with Crippen LogP contribution in [0, 0.1) is 5.92 Å². The number of aliphatic hydroxyl groups excluding tert-OH is 1. The van der Waals surface area contributed by atoms with Crippen LogP contribution in [0.2, 0.25) is 0 Å². The Bertz CT molecular complexity index is 578. The first-order chi connectivity index (χ1) is 10.2. The molecule has 0 unspecified atom stereocenters. The first-order valence-corrected chi connectivity index (χ1v) is 8.16. The fourth-order valence-electron chi connectivity index (χ4n) is 2.40. The van der Waals surface area contributed by atoms with Crippen molar-refractivity contribution in [3.63, 3.8) is 0 Å². The zero-order valence-corrected chi connectivity index (χ0v) is 12.6. The number of benzene rings is 1. The van der Waals surface area contributed by atoms with E-state index in [1.54, 1.807) is 4.90 Å². The standard InChI is InChI=1S/C17H19NO2S/c19-15(16-7-4-10-21-16)12-18(17(20)14-8-9-14)11-13-5-2-1-3-6-13/h1-7,10,14-15,19H,8-9,11-12H2/t15-/m0/s1. The van der Waals surface area contributed by atoms with Crippen LogP contribution >= 0.6 is 11.3 Å². The van der Waals surface area contributed by atoms with Crippen molar-refractivity contribution in [2.75, 3.05) is 6.54 Å². The zero-order valence-electron chi connectivity index (χ0n) is 11.8. The molecule has 1 aliphatic rings. The average Bonchev–Trinajstić information content (AvgIpc) is 3.21. The topological polar surface area (TPSA) is 40.5 Å². The van der Waals surface area contributed by atoms with Gasteiger partial charge in [-0.05, 0) is 29.9 Å². The third kappa shape index (κ3) is 3.71. The molecule has 1 heterocycles. The summed E-state index contributed by atoms with van der Waals surface area (Å²) in [6.07, 6.45) is 1.37. The summed E-state index contributed by atoms with van der Waals surface area (Å²) in [4.78, 5) is 15.1. The van der Waals surface area contributed by atoms with Crippen molar-refractivity contribution in [1.82, 2.24) is 4.90 Å². The maximum Gasteiger partial charge on any atom is 0.226 e. The molecule has 21 heavy (non-hydrogen) atoms. The molecule has 1 amide bonds. The van der Waals surface area contributed by atoms with Crippen molar-refractivity contribution in [2.45, 2.75) is 25.5 Å². The van der Waals surface area contributed by atoms with Crippen LogP contribution in [0.5, 0.6) is 0 Å². The molecule has 110 valence electrons. The Morgan fingerprint density at radius 1 is 1.24 bits per heavy atom. The van der Waals surface area contributed by atoms with Gasteiger partial charge in [0, 0.05) is 17.3 Å². The molecule has 1 aromatic heterocycles. The van der Waals surface area contributed by atoms with Gasteiger partial charge in [-0.1, -0.05) is 36.4 Å². The van der Waals surface area contributed by atoms with Gasteiger partial charge in [-0.25, -0.2) is 0 Å². The Morgan fingerprint density at radius 3 is 2.62 bits per heavy atom. The molecular weight excluding hydrogens is 282 g/mol. The van der Waals surface area contributed by atoms with Gasteiger partial charge in [-0.3, -0.25) is 4.79 Å². The van der Waals surface area contributed by atoms with Gasteiger partial charge in [0.25, 0.3) is 0 Å². The van der Waals surface area contributed by atoms with Crippen LogP contribution in [0.15, 0.2) is 47.8 Å². The van der Waals surface area contributed by atoms with Crippen LogP contribution in [0.4, 0.5) is 0 Å². The largest absolute Gasteiger partial charge is 0.386 e. The molecular formula is C17H19NO2S. The summed E-state index contributed by atoms with van der Waals surface area (Å²) in [7, 11) is 0. The second kappa shape index (κ2) is 6.41. The molecule has 1 aliphatic carbocycles. The fourth-order valence-corrected chi connectivity index (χ4v) is 3.11. The van der Waals surface area contributed by atoms with Crippen LogP contribution in [0.1, 0.15) is 29.4 Å². The maximum atomic E-state index is 12.4. The minimum atomic E-state index is -0.601. The lowest BCUT2D eigenvalue weighted by Crippen LogP contribution is -2.35. The van der Waals surface area contributed by atoms with Gasteiger partial charge in [0.05, 0.1) is 6.54 Å². The van der Waals surface area contributed by atoms with Crippen LogP contribution in [0.25, 0.3) is 0 Å². The van der Waals surface area contributed by atoms with Crippen LogP contribution in [-0.4, -0.2) is 22.5 Å². The molecule has 1 atom stereocenters. The van der Waals surface area contributed by atoms with Gasteiger partial charge in [0.2, 0.25) is 5.91 Å². The van der Waals surface area contributed by atoms with Crippen LogP contribution in [-0.2, 0) is 11.3 Å². The molecule has 3 rings (SSSR count). The quantitative estimate of drug-likeness (QED) is 0.890. The number of rotatable bonds is 6. The number of carbonyl (C=O) groups is 1. The molecule has 2 aromatic rings. The molecule has 1 N–H and O–H groups in total. The number of amides is 1. The molecule has 0 saturated heterocycles. The molecule has 1 aromatic carbocycles. The molecule has 0 spiro atoms. The monoisotopic (exact) mass is 301 g/mol. The summed E-state index contributed by atoms with van der Waals surface area (Å²) in [5.74, 6) is 0.346. The highest BCUT2D eigenvalue weighted by Crippen LogP contribution is 2.32. The predicted octanol–water partition coefficient (Wildman–Crippen LogP) is 3.22. The first-order valence-electron chi connectivity index (χ1n) is 7.28. The zero-order chi connectivity index (χ0) is 14.7. The second-order valence-corrected chi connectivity index (χ2v) is 6.49. The Hall–Kier alpha value is -1.65. The highest BCUT2D eigenvalue weighted by Gasteiger charge is 2.34. The number of aliphatic hydroxyl groups is 1. The van der Waals surface area contributed by atoms with E-state index in [1.807, 2.05) is 47.8 Å². The number of nitrogens with zero attached hydrogens (tertiary/aromatic N) is 1. The van der Waals surface area contributed by atoms with Gasteiger partial charge >= 0.3 is 0 Å². The van der Waals surface area contributed by atoms with E-state index >= 15 is 0 Å². The molecule has 1 saturated carbocycles. The molecule has 1 fully saturated rings. The van der Waals surface area contributed by atoms with E-state index in [0.717, 1.165) is 23.3 Å². The molecule has 0 bridgehead atoms. The van der Waals surface area contributed by atoms with E-state index < -0.39 is 6.10 Å². The highest BCUT2D eigenvalue weighted by atomic mass is 32.1. The summed E-state index contributed by atoms with van der Waals surface area (Å²) in [5.41, 5.74) is 1.10. The minimum Gasteiger partial charge on any atom is -0.386 e. The van der Waals surface area contributed by atoms with Crippen molar-refractivity contribution in [3.8, 4) is 0 Å². The van der Waals surface area contributed by atoms with E-state index in [4.69, 9.17) is 0 Å². The predicted molar refractivity (Wildman–Crippen MR) is 83.9 cm³/mol. The Kier molecular flexibility index (Phi) is 4.36. The van der Waals surface area contributed by atoms with E-state index in [-0.39, 0.29) is 11.8 Å². The number of thiophene rings is 1. The van der Waals surface area contributed by atoms with E-state index in [9.17, 15) is 9.90 Å². The number of carbonyl (C=O) groups excluding carboxylic acids is 1. The Labute approximate surface area is 128 Å². The van der Waals surface area contributed by atoms with E-state index in [2.05, 4.69) is 0 Å². The maximum absolute atomic E-state index is 12.4. The summed E-state index contributed by atoms with van der Waals surface area (Å²) >= 11 is 1.53. The number of hydrogen-bond donors (Lipinski definition) is 1. The van der Waals surface area contributed by atoms with Gasteiger partial charge in [-0.2, -0.15) is 0 Å². The van der Waals surface area contributed by atoms with Crippen LogP contribution in [0.3, 0.4) is 0 Å². The molecule has 0 aliphatic heterocycles. The lowest BCUT2D eigenvalue weighted by molar-refractivity contribution is -0.134. The van der Waals surface area contributed by atoms with Gasteiger partial charge < -0.3 is 10.0 Å². The van der Waals surface area contributed by atoms with Crippen molar-refractivity contribution in [1.29, 1.82) is 0 Å². The third-order valence-corrected chi connectivity index (χ3v) is 4.69. The van der Waals surface area contributed by atoms with Crippen molar-refractivity contribution in [2.24, 2.45) is 5.92 Å². The highest BCUT2D eigenvalue weighted by molar-refractivity contribution is 7.10. The third-order valence-electron chi connectivity index (χ3n) is 3.72. The van der Waals surface area contributed by atoms with E-state index in [1.165, 1.54) is 11.3 Å². The van der Waals surface area contributed by atoms with Gasteiger partial charge in [0.1, 0.15) is 6.10 Å². The Morgan fingerprint density at radius 2 is 2.00 bits per heavy atom.